The van der Waals surface area contributed by atoms with Crippen LogP contribution in [-0.2, 0) is 11.2 Å². The van der Waals surface area contributed by atoms with Crippen LogP contribution in [0.2, 0.25) is 0 Å². The summed E-state index contributed by atoms with van der Waals surface area (Å²) >= 11 is 3.43. The molecule has 1 rings (SSSR count). The van der Waals surface area contributed by atoms with E-state index in [4.69, 9.17) is 5.73 Å². The van der Waals surface area contributed by atoms with Crippen LogP contribution in [0.1, 0.15) is 32.8 Å². The van der Waals surface area contributed by atoms with E-state index in [1.54, 1.807) is 0 Å². The molecular formula is C14H21BrN2O. The van der Waals surface area contributed by atoms with Gasteiger partial charge in [-0.2, -0.15) is 0 Å². The number of hydrogen-bond donors (Lipinski definition) is 2. The van der Waals surface area contributed by atoms with Gasteiger partial charge in [-0.3, -0.25) is 4.79 Å². The van der Waals surface area contributed by atoms with E-state index in [1.807, 2.05) is 18.2 Å². The highest BCUT2D eigenvalue weighted by Crippen LogP contribution is 2.22. The van der Waals surface area contributed by atoms with Crippen molar-refractivity contribution in [3.8, 4) is 0 Å². The molecular weight excluding hydrogens is 292 g/mol. The van der Waals surface area contributed by atoms with Crippen molar-refractivity contribution >= 4 is 27.5 Å². The van der Waals surface area contributed by atoms with E-state index in [9.17, 15) is 4.79 Å². The van der Waals surface area contributed by atoms with Crippen molar-refractivity contribution in [2.24, 2.45) is 11.7 Å². The lowest BCUT2D eigenvalue weighted by Crippen LogP contribution is -2.36. The van der Waals surface area contributed by atoms with Crippen LogP contribution in [0.5, 0.6) is 0 Å². The van der Waals surface area contributed by atoms with E-state index in [0.29, 0.717) is 12.3 Å². The van der Waals surface area contributed by atoms with E-state index in [1.165, 1.54) is 0 Å². The second-order valence-corrected chi connectivity index (χ2v) is 5.80. The third kappa shape index (κ3) is 4.42. The van der Waals surface area contributed by atoms with Crippen LogP contribution in [0.3, 0.4) is 0 Å². The van der Waals surface area contributed by atoms with Gasteiger partial charge in [0.2, 0.25) is 5.91 Å². The molecule has 3 N–H and O–H groups in total. The summed E-state index contributed by atoms with van der Waals surface area (Å²) in [5.74, 6) is 0.307. The highest BCUT2D eigenvalue weighted by molar-refractivity contribution is 9.10. The largest absolute Gasteiger partial charge is 0.324 e. The minimum absolute atomic E-state index is 0.110. The minimum atomic E-state index is -0.446. The van der Waals surface area contributed by atoms with Crippen molar-refractivity contribution in [3.63, 3.8) is 0 Å². The van der Waals surface area contributed by atoms with Gasteiger partial charge in [0.25, 0.3) is 0 Å². The van der Waals surface area contributed by atoms with Crippen LogP contribution in [0.15, 0.2) is 22.7 Å². The van der Waals surface area contributed by atoms with Gasteiger partial charge in [-0.05, 0) is 42.5 Å². The Morgan fingerprint density at radius 1 is 1.44 bits per heavy atom. The first-order chi connectivity index (χ1) is 8.43. The number of carbonyl (C=O) groups is 1. The number of benzene rings is 1. The highest BCUT2D eigenvalue weighted by atomic mass is 79.9. The Hall–Kier alpha value is -0.870. The van der Waals surface area contributed by atoms with Crippen molar-refractivity contribution in [2.45, 2.75) is 39.7 Å². The van der Waals surface area contributed by atoms with Crippen molar-refractivity contribution in [1.29, 1.82) is 0 Å². The summed E-state index contributed by atoms with van der Waals surface area (Å²) in [6, 6.07) is 5.40. The molecule has 1 aromatic rings. The van der Waals surface area contributed by atoms with Gasteiger partial charge in [-0.15, -0.1) is 0 Å². The molecule has 0 aromatic heterocycles. The molecule has 1 atom stereocenters. The fourth-order valence-corrected chi connectivity index (χ4v) is 2.23. The van der Waals surface area contributed by atoms with Crippen LogP contribution < -0.4 is 11.1 Å². The SMILES string of the molecule is CCc1cc(Br)ccc1NC(=O)[C@H](N)CC(C)C. The van der Waals surface area contributed by atoms with Gasteiger partial charge in [-0.1, -0.05) is 36.7 Å². The predicted molar refractivity (Wildman–Crippen MR) is 79.6 cm³/mol. The maximum Gasteiger partial charge on any atom is 0.241 e. The second-order valence-electron chi connectivity index (χ2n) is 4.88. The third-order valence-corrected chi connectivity index (χ3v) is 3.26. The summed E-state index contributed by atoms with van der Waals surface area (Å²) in [6.07, 6.45) is 1.57. The Labute approximate surface area is 117 Å². The van der Waals surface area contributed by atoms with Crippen LogP contribution in [0.4, 0.5) is 5.69 Å². The summed E-state index contributed by atoms with van der Waals surface area (Å²) in [6.45, 7) is 6.18. The maximum atomic E-state index is 12.0. The Morgan fingerprint density at radius 3 is 2.67 bits per heavy atom. The Morgan fingerprint density at radius 2 is 2.11 bits per heavy atom. The maximum absolute atomic E-state index is 12.0. The van der Waals surface area contributed by atoms with Crippen LogP contribution >= 0.6 is 15.9 Å². The fraction of sp³-hybridized carbons (Fsp3) is 0.500. The fourth-order valence-electron chi connectivity index (χ4n) is 1.82. The zero-order valence-electron chi connectivity index (χ0n) is 11.2. The molecule has 0 fully saturated rings. The zero-order chi connectivity index (χ0) is 13.7. The Kier molecular flexibility index (Phi) is 5.82. The molecule has 0 saturated heterocycles. The molecule has 0 spiro atoms. The number of hydrogen-bond acceptors (Lipinski definition) is 2. The number of nitrogens with one attached hydrogen (secondary N) is 1. The number of rotatable bonds is 5. The molecule has 1 aromatic carbocycles. The molecule has 0 aliphatic rings. The molecule has 0 aliphatic carbocycles. The molecule has 0 heterocycles. The zero-order valence-corrected chi connectivity index (χ0v) is 12.8. The van der Waals surface area contributed by atoms with Crippen LogP contribution in [0, 0.1) is 5.92 Å². The first-order valence-corrected chi connectivity index (χ1v) is 7.08. The number of halogens is 1. The van der Waals surface area contributed by atoms with Crippen molar-refractivity contribution in [2.75, 3.05) is 5.32 Å². The summed E-state index contributed by atoms with van der Waals surface area (Å²) in [4.78, 5) is 12.0. The van der Waals surface area contributed by atoms with Crippen molar-refractivity contribution in [3.05, 3.63) is 28.2 Å². The summed E-state index contributed by atoms with van der Waals surface area (Å²) in [5, 5.41) is 2.91. The molecule has 1 amide bonds. The molecule has 0 bridgehead atoms. The topological polar surface area (TPSA) is 55.1 Å². The van der Waals surface area contributed by atoms with Gasteiger partial charge in [0, 0.05) is 10.2 Å². The van der Waals surface area contributed by atoms with E-state index in [2.05, 4.69) is 42.0 Å². The molecule has 100 valence electrons. The first kappa shape index (κ1) is 15.2. The van der Waals surface area contributed by atoms with Gasteiger partial charge < -0.3 is 11.1 Å². The number of anilines is 1. The quantitative estimate of drug-likeness (QED) is 0.876. The molecule has 0 saturated carbocycles. The molecule has 0 unspecified atom stereocenters. The lowest BCUT2D eigenvalue weighted by molar-refractivity contribution is -0.117. The van der Waals surface area contributed by atoms with E-state index in [0.717, 1.165) is 22.1 Å². The average molecular weight is 313 g/mol. The van der Waals surface area contributed by atoms with Crippen LogP contribution in [-0.4, -0.2) is 11.9 Å². The summed E-state index contributed by atoms with van der Waals surface area (Å²) in [5.41, 5.74) is 7.82. The lowest BCUT2D eigenvalue weighted by Gasteiger charge is -2.16. The highest BCUT2D eigenvalue weighted by Gasteiger charge is 2.16. The Bertz CT molecular complexity index is 418. The minimum Gasteiger partial charge on any atom is -0.324 e. The number of nitrogens with two attached hydrogens (primary N) is 1. The van der Waals surface area contributed by atoms with Gasteiger partial charge >= 0.3 is 0 Å². The molecule has 18 heavy (non-hydrogen) atoms. The summed E-state index contributed by atoms with van der Waals surface area (Å²) < 4.78 is 1.02. The van der Waals surface area contributed by atoms with Gasteiger partial charge in [0.1, 0.15) is 0 Å². The summed E-state index contributed by atoms with van der Waals surface area (Å²) in [7, 11) is 0. The van der Waals surface area contributed by atoms with Crippen LogP contribution in [0.25, 0.3) is 0 Å². The molecule has 0 radical (unpaired) electrons. The van der Waals surface area contributed by atoms with E-state index in [-0.39, 0.29) is 5.91 Å². The molecule has 3 nitrogen and oxygen atoms in total. The monoisotopic (exact) mass is 312 g/mol. The smallest absolute Gasteiger partial charge is 0.241 e. The standard InChI is InChI=1S/C14H21BrN2O/c1-4-10-8-11(15)5-6-13(10)17-14(18)12(16)7-9(2)3/h5-6,8-9,12H,4,7,16H2,1-3H3,(H,17,18)/t12-/m1/s1. The number of aryl methyl sites for hydroxylation is 1. The van der Waals surface area contributed by atoms with Crippen molar-refractivity contribution in [1.82, 2.24) is 0 Å². The Balaban J connectivity index is 2.75. The third-order valence-electron chi connectivity index (χ3n) is 2.77. The predicted octanol–water partition coefficient (Wildman–Crippen LogP) is 3.32. The normalized spacial score (nSPS) is 12.6. The molecule has 4 heteroatoms. The van der Waals surface area contributed by atoms with Gasteiger partial charge in [-0.25, -0.2) is 0 Å². The first-order valence-electron chi connectivity index (χ1n) is 6.29. The lowest BCUT2D eigenvalue weighted by atomic mass is 10.0. The van der Waals surface area contributed by atoms with E-state index < -0.39 is 6.04 Å². The average Bonchev–Trinajstić information content (AvgIpc) is 2.30. The van der Waals surface area contributed by atoms with E-state index >= 15 is 0 Å². The van der Waals surface area contributed by atoms with Crippen molar-refractivity contribution < 1.29 is 4.79 Å². The number of carbonyl (C=O) groups excluding carboxylic acids is 1. The number of amides is 1. The van der Waals surface area contributed by atoms with Gasteiger partial charge in [0.05, 0.1) is 6.04 Å². The second kappa shape index (κ2) is 6.90. The van der Waals surface area contributed by atoms with Gasteiger partial charge in [0.15, 0.2) is 0 Å². The molecule has 0 aliphatic heterocycles.